The molecule has 1 aromatic carbocycles. The number of benzene rings is 1. The van der Waals surface area contributed by atoms with Crippen LogP contribution in [0.2, 0.25) is 0 Å². The molecular weight excluding hydrogens is 241 g/mol. The first kappa shape index (κ1) is 14.2. The molecule has 19 heavy (non-hydrogen) atoms. The number of aryl methyl sites for hydroxylation is 1. The van der Waals surface area contributed by atoms with E-state index in [0.717, 1.165) is 6.54 Å². The highest BCUT2D eigenvalue weighted by Crippen LogP contribution is 2.22. The van der Waals surface area contributed by atoms with Gasteiger partial charge in [0.05, 0.1) is 0 Å². The van der Waals surface area contributed by atoms with Gasteiger partial charge >= 0.3 is 0 Å². The first-order chi connectivity index (χ1) is 9.08. The number of nitrogens with zero attached hydrogens (tertiary/aromatic N) is 1. The van der Waals surface area contributed by atoms with Gasteiger partial charge in [0.1, 0.15) is 5.82 Å². The van der Waals surface area contributed by atoms with Crippen LogP contribution < -0.4 is 0 Å². The van der Waals surface area contributed by atoms with E-state index < -0.39 is 0 Å². The highest BCUT2D eigenvalue weighted by atomic mass is 19.1. The average molecular weight is 263 g/mol. The van der Waals surface area contributed by atoms with Crippen LogP contribution in [0.25, 0.3) is 0 Å². The first-order valence-electron chi connectivity index (χ1n) is 7.07. The molecule has 0 aromatic heterocycles. The standard InChI is InChI=1S/C16H22FNO/c1-12-7-8-13(11-15(12)17)16(19)9-10-18(2)14-5-3-4-6-14/h7-8,11,14H,3-6,9-10H2,1-2H3. The second-order valence-electron chi connectivity index (χ2n) is 5.56. The molecule has 3 heteroatoms. The normalized spacial score (nSPS) is 16.2. The van der Waals surface area contributed by atoms with Crippen LogP contribution in [-0.4, -0.2) is 30.3 Å². The molecule has 1 saturated carbocycles. The van der Waals surface area contributed by atoms with Crippen molar-refractivity contribution in [2.75, 3.05) is 13.6 Å². The Morgan fingerprint density at radius 2 is 2.05 bits per heavy atom. The van der Waals surface area contributed by atoms with E-state index in [-0.39, 0.29) is 11.6 Å². The van der Waals surface area contributed by atoms with Gasteiger partial charge in [0.2, 0.25) is 0 Å². The van der Waals surface area contributed by atoms with Gasteiger partial charge in [-0.1, -0.05) is 25.0 Å². The second-order valence-corrected chi connectivity index (χ2v) is 5.56. The van der Waals surface area contributed by atoms with E-state index >= 15 is 0 Å². The van der Waals surface area contributed by atoms with Gasteiger partial charge in [-0.25, -0.2) is 4.39 Å². The highest BCUT2D eigenvalue weighted by Gasteiger charge is 2.20. The zero-order chi connectivity index (χ0) is 13.8. The summed E-state index contributed by atoms with van der Waals surface area (Å²) in [7, 11) is 2.08. The maximum absolute atomic E-state index is 13.4. The Morgan fingerprint density at radius 1 is 1.37 bits per heavy atom. The summed E-state index contributed by atoms with van der Waals surface area (Å²) >= 11 is 0. The molecule has 0 spiro atoms. The molecule has 0 radical (unpaired) electrons. The fourth-order valence-electron chi connectivity index (χ4n) is 2.72. The lowest BCUT2D eigenvalue weighted by Crippen LogP contribution is -2.31. The molecule has 0 unspecified atom stereocenters. The predicted molar refractivity (Wildman–Crippen MR) is 75.0 cm³/mol. The Morgan fingerprint density at radius 3 is 2.68 bits per heavy atom. The lowest BCUT2D eigenvalue weighted by atomic mass is 10.1. The summed E-state index contributed by atoms with van der Waals surface area (Å²) in [4.78, 5) is 14.3. The highest BCUT2D eigenvalue weighted by molar-refractivity contribution is 5.96. The first-order valence-corrected chi connectivity index (χ1v) is 7.07. The Hall–Kier alpha value is -1.22. The molecule has 0 bridgehead atoms. The summed E-state index contributed by atoms with van der Waals surface area (Å²) in [5.41, 5.74) is 1.07. The molecule has 1 fully saturated rings. The third kappa shape index (κ3) is 3.63. The summed E-state index contributed by atoms with van der Waals surface area (Å²) in [6.45, 7) is 2.47. The van der Waals surface area contributed by atoms with E-state index in [4.69, 9.17) is 0 Å². The van der Waals surface area contributed by atoms with Crippen LogP contribution in [0, 0.1) is 12.7 Å². The molecule has 0 heterocycles. The largest absolute Gasteiger partial charge is 0.303 e. The molecule has 1 aliphatic carbocycles. The van der Waals surface area contributed by atoms with Crippen LogP contribution in [0.4, 0.5) is 4.39 Å². The van der Waals surface area contributed by atoms with Gasteiger partial charge in [-0.3, -0.25) is 4.79 Å². The fraction of sp³-hybridized carbons (Fsp3) is 0.562. The quantitative estimate of drug-likeness (QED) is 0.757. The van der Waals surface area contributed by atoms with Gasteiger partial charge in [0.15, 0.2) is 5.78 Å². The number of halogens is 1. The maximum Gasteiger partial charge on any atom is 0.164 e. The van der Waals surface area contributed by atoms with Crippen LogP contribution in [0.15, 0.2) is 18.2 Å². The molecule has 0 atom stereocenters. The fourth-order valence-corrected chi connectivity index (χ4v) is 2.72. The number of hydrogen-bond donors (Lipinski definition) is 0. The summed E-state index contributed by atoms with van der Waals surface area (Å²) < 4.78 is 13.4. The van der Waals surface area contributed by atoms with Crippen molar-refractivity contribution in [1.29, 1.82) is 0 Å². The maximum atomic E-state index is 13.4. The smallest absolute Gasteiger partial charge is 0.164 e. The van der Waals surface area contributed by atoms with E-state index in [1.807, 2.05) is 0 Å². The van der Waals surface area contributed by atoms with Gasteiger partial charge < -0.3 is 4.90 Å². The number of Topliss-reactive ketones (excluding diaryl/α,β-unsaturated/α-hetero) is 1. The molecule has 1 aromatic rings. The van der Waals surface area contributed by atoms with Gasteiger partial charge in [-0.15, -0.1) is 0 Å². The lowest BCUT2D eigenvalue weighted by molar-refractivity contribution is 0.0960. The molecule has 0 saturated heterocycles. The number of rotatable bonds is 5. The molecule has 1 aliphatic rings. The summed E-state index contributed by atoms with van der Waals surface area (Å²) in [5.74, 6) is -0.265. The molecular formula is C16H22FNO. The lowest BCUT2D eigenvalue weighted by Gasteiger charge is -2.23. The van der Waals surface area contributed by atoms with Crippen LogP contribution in [0.5, 0.6) is 0 Å². The molecule has 0 aliphatic heterocycles. The number of carbonyl (C=O) groups is 1. The second kappa shape index (κ2) is 6.29. The van der Waals surface area contributed by atoms with Crippen molar-refractivity contribution in [3.05, 3.63) is 35.1 Å². The Balaban J connectivity index is 1.88. The van der Waals surface area contributed by atoms with Crippen molar-refractivity contribution in [3.63, 3.8) is 0 Å². The van der Waals surface area contributed by atoms with Crippen molar-refractivity contribution < 1.29 is 9.18 Å². The van der Waals surface area contributed by atoms with Crippen molar-refractivity contribution >= 4 is 5.78 Å². The summed E-state index contributed by atoms with van der Waals surface area (Å²) in [6.07, 6.45) is 5.54. The van der Waals surface area contributed by atoms with Crippen LogP contribution >= 0.6 is 0 Å². The van der Waals surface area contributed by atoms with Crippen LogP contribution in [0.3, 0.4) is 0 Å². The predicted octanol–water partition coefficient (Wildman–Crippen LogP) is 3.58. The monoisotopic (exact) mass is 263 g/mol. The topological polar surface area (TPSA) is 20.3 Å². The zero-order valence-corrected chi connectivity index (χ0v) is 11.8. The third-order valence-corrected chi connectivity index (χ3v) is 4.13. The summed E-state index contributed by atoms with van der Waals surface area (Å²) in [5, 5.41) is 0. The van der Waals surface area contributed by atoms with Crippen molar-refractivity contribution in [3.8, 4) is 0 Å². The Labute approximate surface area is 114 Å². The van der Waals surface area contributed by atoms with E-state index in [1.165, 1.54) is 31.7 Å². The molecule has 2 rings (SSSR count). The molecule has 2 nitrogen and oxygen atoms in total. The van der Waals surface area contributed by atoms with Crippen molar-refractivity contribution in [2.45, 2.75) is 45.1 Å². The Kier molecular flexibility index (Phi) is 4.70. The van der Waals surface area contributed by atoms with Gasteiger partial charge in [0.25, 0.3) is 0 Å². The van der Waals surface area contributed by atoms with E-state index in [2.05, 4.69) is 11.9 Å². The summed E-state index contributed by atoms with van der Waals surface area (Å²) in [6, 6.07) is 5.37. The SMILES string of the molecule is Cc1ccc(C(=O)CCN(C)C2CCCC2)cc1F. The number of ketones is 1. The van der Waals surface area contributed by atoms with E-state index in [9.17, 15) is 9.18 Å². The van der Waals surface area contributed by atoms with Gasteiger partial charge in [0, 0.05) is 24.6 Å². The minimum atomic E-state index is -0.296. The molecule has 104 valence electrons. The van der Waals surface area contributed by atoms with Crippen molar-refractivity contribution in [2.24, 2.45) is 0 Å². The number of hydrogen-bond acceptors (Lipinski definition) is 2. The zero-order valence-electron chi connectivity index (χ0n) is 11.8. The van der Waals surface area contributed by atoms with E-state index in [0.29, 0.717) is 23.6 Å². The molecule has 0 N–H and O–H groups in total. The van der Waals surface area contributed by atoms with E-state index in [1.54, 1.807) is 19.1 Å². The molecule has 0 amide bonds. The minimum absolute atomic E-state index is 0.0312. The van der Waals surface area contributed by atoms with Gasteiger partial charge in [-0.2, -0.15) is 0 Å². The number of carbonyl (C=O) groups excluding carboxylic acids is 1. The van der Waals surface area contributed by atoms with Crippen LogP contribution in [-0.2, 0) is 0 Å². The minimum Gasteiger partial charge on any atom is -0.303 e. The van der Waals surface area contributed by atoms with Crippen molar-refractivity contribution in [1.82, 2.24) is 4.90 Å². The van der Waals surface area contributed by atoms with Crippen LogP contribution in [0.1, 0.15) is 48.0 Å². The third-order valence-electron chi connectivity index (χ3n) is 4.13. The Bertz CT molecular complexity index is 452. The van der Waals surface area contributed by atoms with Gasteiger partial charge in [-0.05, 0) is 38.4 Å². The average Bonchev–Trinajstić information content (AvgIpc) is 2.92.